The summed E-state index contributed by atoms with van der Waals surface area (Å²) < 4.78 is 11.3. The molecule has 0 aliphatic carbocycles. The molecule has 0 aromatic heterocycles. The molecule has 13 nitrogen and oxygen atoms in total. The molecule has 5 rings (SSSR count). The molecular weight excluding hydrogens is 664 g/mol. The molecule has 5 N–H and O–H groups in total. The average Bonchev–Trinajstić information content (AvgIpc) is 3.14. The fraction of sp³-hybridized carbons (Fsp3) is 0.410. The van der Waals surface area contributed by atoms with Gasteiger partial charge in [0.15, 0.2) is 0 Å². The van der Waals surface area contributed by atoms with Crippen molar-refractivity contribution in [2.24, 2.45) is 0 Å². The van der Waals surface area contributed by atoms with E-state index in [1.165, 1.54) is 13.8 Å². The van der Waals surface area contributed by atoms with Gasteiger partial charge in [0, 0.05) is 39.1 Å². The first-order chi connectivity index (χ1) is 25.1. The molecule has 276 valence electrons. The fourth-order valence-electron chi connectivity index (χ4n) is 5.95. The largest absolute Gasteiger partial charge is 0.493 e. The van der Waals surface area contributed by atoms with Crippen molar-refractivity contribution in [2.45, 2.75) is 63.8 Å². The Morgan fingerprint density at radius 3 is 2.29 bits per heavy atom. The van der Waals surface area contributed by atoms with Crippen LogP contribution in [0.2, 0.25) is 0 Å². The zero-order valence-corrected chi connectivity index (χ0v) is 29.7. The van der Waals surface area contributed by atoms with Gasteiger partial charge in [-0.1, -0.05) is 66.7 Å². The third-order valence-electron chi connectivity index (χ3n) is 8.94. The molecule has 3 aromatic carbocycles. The molecule has 2 aliphatic heterocycles. The van der Waals surface area contributed by atoms with Gasteiger partial charge in [-0.25, -0.2) is 0 Å². The SMILES string of the molecule is CC1(C)NC(=O)C[C@@H](C(=O)NCc2ccc(CN3CCOCC3)cc2)NC(=O)c2ccccc2OCCCNC(=O)[C@H](Cc2ccccc2)NC1=O. The monoisotopic (exact) mass is 712 g/mol. The van der Waals surface area contributed by atoms with E-state index in [1.807, 2.05) is 54.6 Å². The van der Waals surface area contributed by atoms with Crippen LogP contribution >= 0.6 is 0 Å². The van der Waals surface area contributed by atoms with Crippen molar-refractivity contribution in [3.05, 3.63) is 101 Å². The molecule has 2 heterocycles. The Labute approximate surface area is 304 Å². The number of para-hydroxylation sites is 1. The van der Waals surface area contributed by atoms with Gasteiger partial charge in [0.1, 0.15) is 23.4 Å². The maximum absolute atomic E-state index is 13.6. The Bertz CT molecular complexity index is 1690. The highest BCUT2D eigenvalue weighted by molar-refractivity contribution is 6.01. The lowest BCUT2D eigenvalue weighted by Crippen LogP contribution is -2.60. The highest BCUT2D eigenvalue weighted by atomic mass is 16.5. The van der Waals surface area contributed by atoms with Gasteiger partial charge in [0.25, 0.3) is 5.91 Å². The van der Waals surface area contributed by atoms with Gasteiger partial charge in [-0.05, 0) is 49.1 Å². The average molecular weight is 713 g/mol. The summed E-state index contributed by atoms with van der Waals surface area (Å²) in [4.78, 5) is 69.8. The topological polar surface area (TPSA) is 167 Å². The number of fused-ring (bicyclic) bond motifs is 1. The maximum Gasteiger partial charge on any atom is 0.255 e. The molecule has 2 atom stereocenters. The van der Waals surface area contributed by atoms with E-state index in [4.69, 9.17) is 9.47 Å². The minimum absolute atomic E-state index is 0.170. The van der Waals surface area contributed by atoms with Crippen molar-refractivity contribution in [3.8, 4) is 5.75 Å². The van der Waals surface area contributed by atoms with Crippen LogP contribution in [-0.4, -0.2) is 91.5 Å². The molecule has 52 heavy (non-hydrogen) atoms. The molecule has 5 amide bonds. The van der Waals surface area contributed by atoms with Crippen LogP contribution in [-0.2, 0) is 43.4 Å². The Morgan fingerprint density at radius 2 is 1.54 bits per heavy atom. The number of rotatable bonds is 7. The number of morpholine rings is 1. The summed E-state index contributed by atoms with van der Waals surface area (Å²) in [6, 6.07) is 21.6. The molecule has 3 aromatic rings. The second kappa shape index (κ2) is 18.3. The number of carbonyl (C=O) groups excluding carboxylic acids is 5. The van der Waals surface area contributed by atoms with Crippen LogP contribution < -0.4 is 31.3 Å². The molecule has 2 aliphatic rings. The molecule has 13 heteroatoms. The van der Waals surface area contributed by atoms with Crippen molar-refractivity contribution >= 4 is 29.5 Å². The molecule has 0 saturated carbocycles. The summed E-state index contributed by atoms with van der Waals surface area (Å²) in [5, 5.41) is 13.9. The quantitative estimate of drug-likeness (QED) is 0.248. The summed E-state index contributed by atoms with van der Waals surface area (Å²) >= 11 is 0. The van der Waals surface area contributed by atoms with Crippen molar-refractivity contribution in [1.29, 1.82) is 0 Å². The first-order valence-electron chi connectivity index (χ1n) is 17.7. The van der Waals surface area contributed by atoms with E-state index in [9.17, 15) is 24.0 Å². The van der Waals surface area contributed by atoms with Crippen molar-refractivity contribution in [1.82, 2.24) is 31.5 Å². The third kappa shape index (κ3) is 11.1. The van der Waals surface area contributed by atoms with E-state index >= 15 is 0 Å². The standard InChI is InChI=1S/C39H48N6O7/c1-39(2)38(50)43-31(23-27-9-4-3-5-10-27)36(48)40-17-8-20-52-33-12-7-6-11-30(33)35(47)42-32(24-34(46)44-39)37(49)41-25-28-13-15-29(16-14-28)26-45-18-21-51-22-19-45/h3-7,9-16,31-32H,8,17-26H2,1-2H3,(H,40,48)(H,41,49)(H,42,47)(H,43,50)(H,44,46)/t31-,32-/m0/s1. The molecule has 0 bridgehead atoms. The smallest absolute Gasteiger partial charge is 0.255 e. The van der Waals surface area contributed by atoms with Crippen LogP contribution in [0.25, 0.3) is 0 Å². The highest BCUT2D eigenvalue weighted by Crippen LogP contribution is 2.19. The third-order valence-corrected chi connectivity index (χ3v) is 8.94. The van der Waals surface area contributed by atoms with Crippen molar-refractivity contribution in [2.75, 3.05) is 39.5 Å². The summed E-state index contributed by atoms with van der Waals surface area (Å²) in [6.07, 6.45) is 0.204. The van der Waals surface area contributed by atoms with Gasteiger partial charge in [-0.3, -0.25) is 28.9 Å². The van der Waals surface area contributed by atoms with Crippen LogP contribution in [0, 0.1) is 0 Å². The van der Waals surface area contributed by atoms with Crippen LogP contribution in [0.15, 0.2) is 78.9 Å². The first-order valence-corrected chi connectivity index (χ1v) is 17.7. The van der Waals surface area contributed by atoms with E-state index < -0.39 is 47.7 Å². The first kappa shape index (κ1) is 38.0. The molecule has 1 saturated heterocycles. The van der Waals surface area contributed by atoms with Gasteiger partial charge < -0.3 is 36.1 Å². The summed E-state index contributed by atoms with van der Waals surface area (Å²) in [5.74, 6) is -2.51. The maximum atomic E-state index is 13.6. The van der Waals surface area contributed by atoms with Crippen molar-refractivity contribution < 1.29 is 33.4 Å². The zero-order valence-electron chi connectivity index (χ0n) is 29.7. The molecule has 1 fully saturated rings. The highest BCUT2D eigenvalue weighted by Gasteiger charge is 2.35. The lowest BCUT2D eigenvalue weighted by Gasteiger charge is -2.29. The molecule has 0 unspecified atom stereocenters. The fourth-order valence-corrected chi connectivity index (χ4v) is 5.95. The molecular formula is C39H48N6O7. The number of nitrogens with one attached hydrogen (secondary N) is 5. The molecule has 0 spiro atoms. The number of amides is 5. The number of carbonyl (C=O) groups is 5. The van der Waals surface area contributed by atoms with Crippen LogP contribution in [0.5, 0.6) is 5.75 Å². The summed E-state index contributed by atoms with van der Waals surface area (Å²) in [5.41, 5.74) is 1.56. The lowest BCUT2D eigenvalue weighted by atomic mass is 10.00. The van der Waals surface area contributed by atoms with Gasteiger partial charge in [0.2, 0.25) is 23.6 Å². The zero-order chi connectivity index (χ0) is 36.9. The minimum atomic E-state index is -1.47. The second-order valence-electron chi connectivity index (χ2n) is 13.5. The second-order valence-corrected chi connectivity index (χ2v) is 13.5. The van der Waals surface area contributed by atoms with E-state index in [0.29, 0.717) is 12.2 Å². The predicted molar refractivity (Wildman–Crippen MR) is 194 cm³/mol. The van der Waals surface area contributed by atoms with E-state index in [2.05, 4.69) is 31.5 Å². The predicted octanol–water partition coefficient (Wildman–Crippen LogP) is 1.84. The Kier molecular flexibility index (Phi) is 13.4. The lowest BCUT2D eigenvalue weighted by molar-refractivity contribution is -0.135. The van der Waals surface area contributed by atoms with Gasteiger partial charge in [-0.2, -0.15) is 0 Å². The Hall–Kier alpha value is -5.27. The van der Waals surface area contributed by atoms with Crippen LogP contribution in [0.4, 0.5) is 0 Å². The van der Waals surface area contributed by atoms with E-state index in [-0.39, 0.29) is 37.6 Å². The van der Waals surface area contributed by atoms with Gasteiger partial charge in [-0.15, -0.1) is 0 Å². The Balaban J connectivity index is 1.31. The normalized spacial score (nSPS) is 20.7. The van der Waals surface area contributed by atoms with E-state index in [1.54, 1.807) is 24.3 Å². The number of ether oxygens (including phenoxy) is 2. The summed E-state index contributed by atoms with van der Waals surface area (Å²) in [7, 11) is 0. The number of nitrogens with zero attached hydrogens (tertiary/aromatic N) is 1. The Morgan fingerprint density at radius 1 is 0.846 bits per heavy atom. The van der Waals surface area contributed by atoms with Crippen LogP contribution in [0.3, 0.4) is 0 Å². The van der Waals surface area contributed by atoms with Crippen molar-refractivity contribution in [3.63, 3.8) is 0 Å². The van der Waals surface area contributed by atoms with Gasteiger partial charge >= 0.3 is 0 Å². The summed E-state index contributed by atoms with van der Waals surface area (Å²) in [6.45, 7) is 7.64. The van der Waals surface area contributed by atoms with Gasteiger partial charge in [0.05, 0.1) is 31.8 Å². The number of hydrogen-bond donors (Lipinski definition) is 5. The minimum Gasteiger partial charge on any atom is -0.493 e. The van der Waals surface area contributed by atoms with Crippen LogP contribution in [0.1, 0.15) is 53.7 Å². The van der Waals surface area contributed by atoms with E-state index in [0.717, 1.165) is 49.5 Å². The number of benzene rings is 3. The number of hydrogen-bond acceptors (Lipinski definition) is 8. The molecule has 0 radical (unpaired) electrons.